The Morgan fingerprint density at radius 2 is 1.90 bits per heavy atom. The van der Waals surface area contributed by atoms with Gasteiger partial charge < -0.3 is 15.1 Å². The van der Waals surface area contributed by atoms with E-state index in [2.05, 4.69) is 29.2 Å². The third-order valence-electron chi connectivity index (χ3n) is 4.42. The van der Waals surface area contributed by atoms with Gasteiger partial charge in [0, 0.05) is 25.7 Å². The van der Waals surface area contributed by atoms with Crippen LogP contribution >= 0.6 is 0 Å². The second kappa shape index (κ2) is 7.20. The lowest BCUT2D eigenvalue weighted by molar-refractivity contribution is 0.162. The van der Waals surface area contributed by atoms with Crippen LogP contribution in [0.1, 0.15) is 19.3 Å². The number of nitrogens with one attached hydrogen (secondary N) is 1. The number of likely N-dealkylation sites (tertiary alicyclic amines) is 1. The highest BCUT2D eigenvalue weighted by atomic mass is 32.2. The number of hydrogen-bond acceptors (Lipinski definition) is 5. The summed E-state index contributed by atoms with van der Waals surface area (Å²) in [5.74, 6) is 1.53. The van der Waals surface area contributed by atoms with Crippen LogP contribution in [-0.2, 0) is 9.84 Å². The molecule has 2 fully saturated rings. The summed E-state index contributed by atoms with van der Waals surface area (Å²) in [7, 11) is 1.54. The third-order valence-corrected chi connectivity index (χ3v) is 6.19. The molecule has 2 aliphatic heterocycles. The zero-order chi connectivity index (χ0) is 14.6. The van der Waals surface area contributed by atoms with Gasteiger partial charge in [-0.15, -0.1) is 0 Å². The molecule has 0 aromatic rings. The predicted octanol–water partition coefficient (Wildman–Crippen LogP) is 0.0367. The van der Waals surface area contributed by atoms with Gasteiger partial charge in [0.2, 0.25) is 0 Å². The van der Waals surface area contributed by atoms with E-state index in [0.29, 0.717) is 11.5 Å². The Hall–Kier alpha value is -0.170. The van der Waals surface area contributed by atoms with Gasteiger partial charge in [0.25, 0.3) is 0 Å². The Kier molecular flexibility index (Phi) is 5.84. The molecule has 20 heavy (non-hydrogen) atoms. The quantitative estimate of drug-likeness (QED) is 0.751. The normalized spacial score (nSPS) is 28.2. The maximum Gasteiger partial charge on any atom is 0.151 e. The lowest BCUT2D eigenvalue weighted by Crippen LogP contribution is -2.42. The monoisotopic (exact) mass is 303 g/mol. The van der Waals surface area contributed by atoms with Crippen molar-refractivity contribution in [2.24, 2.45) is 5.92 Å². The van der Waals surface area contributed by atoms with Crippen molar-refractivity contribution in [2.75, 3.05) is 58.3 Å². The van der Waals surface area contributed by atoms with Crippen LogP contribution in [0.5, 0.6) is 0 Å². The van der Waals surface area contributed by atoms with Gasteiger partial charge in [-0.25, -0.2) is 8.42 Å². The van der Waals surface area contributed by atoms with Crippen LogP contribution in [0.15, 0.2) is 0 Å². The highest BCUT2D eigenvalue weighted by Gasteiger charge is 2.27. The van der Waals surface area contributed by atoms with E-state index in [1.807, 2.05) is 0 Å². The topological polar surface area (TPSA) is 52.6 Å². The second-order valence-corrected chi connectivity index (χ2v) is 8.83. The summed E-state index contributed by atoms with van der Waals surface area (Å²) < 4.78 is 22.8. The highest BCUT2D eigenvalue weighted by Crippen LogP contribution is 2.17. The molecule has 0 saturated carbocycles. The van der Waals surface area contributed by atoms with Crippen molar-refractivity contribution in [3.05, 3.63) is 0 Å². The number of rotatable bonds is 6. The van der Waals surface area contributed by atoms with Gasteiger partial charge in [-0.3, -0.25) is 0 Å². The van der Waals surface area contributed by atoms with Crippen LogP contribution in [0.25, 0.3) is 0 Å². The molecular formula is C14H29N3O2S. The fourth-order valence-electron chi connectivity index (χ4n) is 3.29. The summed E-state index contributed by atoms with van der Waals surface area (Å²) in [6.45, 7) is 5.53. The summed E-state index contributed by atoms with van der Waals surface area (Å²) in [5, 5.41) is 3.40. The Morgan fingerprint density at radius 1 is 1.20 bits per heavy atom. The first-order valence-electron chi connectivity index (χ1n) is 7.75. The maximum atomic E-state index is 11.4. The van der Waals surface area contributed by atoms with E-state index in [4.69, 9.17) is 0 Å². The molecule has 5 nitrogen and oxygen atoms in total. The van der Waals surface area contributed by atoms with E-state index in [0.717, 1.165) is 25.4 Å². The molecule has 1 atom stereocenters. The van der Waals surface area contributed by atoms with Crippen LogP contribution in [0.4, 0.5) is 0 Å². The first-order chi connectivity index (χ1) is 9.44. The Morgan fingerprint density at radius 3 is 2.45 bits per heavy atom. The molecule has 0 radical (unpaired) electrons. The molecule has 0 spiro atoms. The molecule has 2 aliphatic rings. The van der Waals surface area contributed by atoms with E-state index in [-0.39, 0.29) is 6.04 Å². The summed E-state index contributed by atoms with van der Waals surface area (Å²) in [6.07, 6.45) is 3.36. The highest BCUT2D eigenvalue weighted by molar-refractivity contribution is 7.91. The standard InChI is InChI=1S/C14H29N3O2S/c1-16(2)11-13-3-7-17(8-4-13)9-6-15-14-5-10-20(18,19)12-14/h13-15H,3-12H2,1-2H3. The minimum absolute atomic E-state index is 0.186. The molecule has 0 aromatic heterocycles. The fourth-order valence-corrected chi connectivity index (χ4v) is 5.00. The predicted molar refractivity (Wildman–Crippen MR) is 82.8 cm³/mol. The first-order valence-corrected chi connectivity index (χ1v) is 9.57. The molecule has 1 unspecified atom stereocenters. The largest absolute Gasteiger partial charge is 0.312 e. The number of piperidine rings is 1. The van der Waals surface area contributed by atoms with E-state index in [9.17, 15) is 8.42 Å². The van der Waals surface area contributed by atoms with Crippen molar-refractivity contribution in [2.45, 2.75) is 25.3 Å². The van der Waals surface area contributed by atoms with Gasteiger partial charge in [0.1, 0.15) is 0 Å². The van der Waals surface area contributed by atoms with Crippen LogP contribution in [0.2, 0.25) is 0 Å². The molecule has 2 heterocycles. The average Bonchev–Trinajstić information content (AvgIpc) is 2.70. The Balaban J connectivity index is 1.57. The molecule has 2 saturated heterocycles. The lowest BCUT2D eigenvalue weighted by atomic mass is 9.96. The molecule has 0 aromatic carbocycles. The fraction of sp³-hybridized carbons (Fsp3) is 1.00. The van der Waals surface area contributed by atoms with Crippen LogP contribution in [-0.4, -0.2) is 82.6 Å². The number of sulfone groups is 1. The van der Waals surface area contributed by atoms with Gasteiger partial charge >= 0.3 is 0 Å². The number of hydrogen-bond donors (Lipinski definition) is 1. The van der Waals surface area contributed by atoms with Crippen LogP contribution < -0.4 is 5.32 Å². The zero-order valence-corrected chi connectivity index (χ0v) is 13.7. The van der Waals surface area contributed by atoms with Crippen molar-refractivity contribution in [3.63, 3.8) is 0 Å². The van der Waals surface area contributed by atoms with Gasteiger partial charge in [-0.2, -0.15) is 0 Å². The van der Waals surface area contributed by atoms with E-state index < -0.39 is 9.84 Å². The van der Waals surface area contributed by atoms with Gasteiger partial charge in [-0.1, -0.05) is 0 Å². The summed E-state index contributed by atoms with van der Waals surface area (Å²) >= 11 is 0. The first kappa shape index (κ1) is 16.2. The van der Waals surface area contributed by atoms with Crippen molar-refractivity contribution in [3.8, 4) is 0 Å². The SMILES string of the molecule is CN(C)CC1CCN(CCNC2CCS(=O)(=O)C2)CC1. The van der Waals surface area contributed by atoms with Crippen LogP contribution in [0, 0.1) is 5.92 Å². The summed E-state index contributed by atoms with van der Waals surface area (Å²) in [4.78, 5) is 4.78. The second-order valence-electron chi connectivity index (χ2n) is 6.60. The molecule has 6 heteroatoms. The lowest BCUT2D eigenvalue weighted by Gasteiger charge is -2.33. The smallest absolute Gasteiger partial charge is 0.151 e. The third kappa shape index (κ3) is 5.31. The maximum absolute atomic E-state index is 11.4. The Labute approximate surface area is 123 Å². The zero-order valence-electron chi connectivity index (χ0n) is 12.8. The minimum Gasteiger partial charge on any atom is -0.312 e. The molecule has 2 rings (SSSR count). The van der Waals surface area contributed by atoms with Crippen LogP contribution in [0.3, 0.4) is 0 Å². The summed E-state index contributed by atoms with van der Waals surface area (Å²) in [6, 6.07) is 0.186. The van der Waals surface area contributed by atoms with Gasteiger partial charge in [0.15, 0.2) is 9.84 Å². The molecular weight excluding hydrogens is 274 g/mol. The van der Waals surface area contributed by atoms with E-state index in [1.54, 1.807) is 0 Å². The van der Waals surface area contributed by atoms with E-state index in [1.165, 1.54) is 32.5 Å². The number of nitrogens with zero attached hydrogens (tertiary/aromatic N) is 2. The molecule has 118 valence electrons. The van der Waals surface area contributed by atoms with Gasteiger partial charge in [-0.05, 0) is 52.4 Å². The molecule has 0 bridgehead atoms. The van der Waals surface area contributed by atoms with Crippen molar-refractivity contribution in [1.29, 1.82) is 0 Å². The van der Waals surface area contributed by atoms with Gasteiger partial charge in [0.05, 0.1) is 11.5 Å². The van der Waals surface area contributed by atoms with Crippen molar-refractivity contribution < 1.29 is 8.42 Å². The summed E-state index contributed by atoms with van der Waals surface area (Å²) in [5.41, 5.74) is 0. The Bertz CT molecular complexity index is 389. The molecule has 1 N–H and O–H groups in total. The molecule has 0 amide bonds. The van der Waals surface area contributed by atoms with Crippen molar-refractivity contribution >= 4 is 9.84 Å². The van der Waals surface area contributed by atoms with E-state index >= 15 is 0 Å². The average molecular weight is 303 g/mol. The molecule has 0 aliphatic carbocycles. The minimum atomic E-state index is -2.75. The van der Waals surface area contributed by atoms with Crippen molar-refractivity contribution in [1.82, 2.24) is 15.1 Å².